The monoisotopic (exact) mass is 276 g/mol. The number of aryl methyl sites for hydroxylation is 1. The number of nitrogens with two attached hydrogens (primary N) is 1. The average molecular weight is 276 g/mol. The van der Waals surface area contributed by atoms with Gasteiger partial charge in [-0.05, 0) is 31.2 Å². The summed E-state index contributed by atoms with van der Waals surface area (Å²) in [6, 6.07) is 7.14. The molecule has 7 nitrogen and oxygen atoms in total. The van der Waals surface area contributed by atoms with Gasteiger partial charge in [-0.3, -0.25) is 15.3 Å². The molecule has 20 heavy (non-hydrogen) atoms. The van der Waals surface area contributed by atoms with E-state index in [1.807, 2.05) is 0 Å². The lowest BCUT2D eigenvalue weighted by Crippen LogP contribution is -2.31. The maximum absolute atomic E-state index is 11.6. The quantitative estimate of drug-likeness (QED) is 0.428. The Labute approximate surface area is 116 Å². The Bertz CT molecular complexity index is 592. The van der Waals surface area contributed by atoms with Gasteiger partial charge in [0.1, 0.15) is 23.8 Å². The zero-order chi connectivity index (χ0) is 14.5. The van der Waals surface area contributed by atoms with Crippen molar-refractivity contribution in [2.24, 2.45) is 5.84 Å². The van der Waals surface area contributed by atoms with Gasteiger partial charge >= 0.3 is 0 Å². The van der Waals surface area contributed by atoms with Gasteiger partial charge in [0.05, 0.1) is 12.7 Å². The molecule has 0 aliphatic carbocycles. The fourth-order valence-corrected chi connectivity index (χ4v) is 1.78. The number of nitrogens with one attached hydrogen (secondary N) is 2. The van der Waals surface area contributed by atoms with Crippen molar-refractivity contribution < 1.29 is 14.3 Å². The molecule has 0 bridgehead atoms. The summed E-state index contributed by atoms with van der Waals surface area (Å²) in [5.74, 6) is 6.15. The zero-order valence-corrected chi connectivity index (χ0v) is 11.3. The van der Waals surface area contributed by atoms with E-state index < -0.39 is 5.91 Å². The third-order valence-corrected chi connectivity index (χ3v) is 2.82. The second kappa shape index (κ2) is 6.07. The van der Waals surface area contributed by atoms with Gasteiger partial charge in [-0.25, -0.2) is 5.84 Å². The fourth-order valence-electron chi connectivity index (χ4n) is 1.78. The number of carbonyl (C=O) groups is 1. The highest BCUT2D eigenvalue weighted by Crippen LogP contribution is 2.19. The maximum atomic E-state index is 11.6. The van der Waals surface area contributed by atoms with E-state index in [-0.39, 0.29) is 6.61 Å². The molecular weight excluding hydrogens is 260 g/mol. The van der Waals surface area contributed by atoms with Crippen LogP contribution in [0.15, 0.2) is 24.3 Å². The molecule has 1 aromatic heterocycles. The van der Waals surface area contributed by atoms with Gasteiger partial charge in [0.2, 0.25) is 0 Å². The highest BCUT2D eigenvalue weighted by molar-refractivity contribution is 5.95. The van der Waals surface area contributed by atoms with Crippen molar-refractivity contribution in [2.45, 2.75) is 13.5 Å². The van der Waals surface area contributed by atoms with E-state index in [0.717, 1.165) is 5.75 Å². The number of hydrazine groups is 1. The van der Waals surface area contributed by atoms with E-state index in [1.54, 1.807) is 38.3 Å². The molecule has 1 amide bonds. The molecule has 1 heterocycles. The Balaban J connectivity index is 2.08. The first-order valence-corrected chi connectivity index (χ1v) is 5.97. The predicted octanol–water partition coefficient (Wildman–Crippen LogP) is 0.909. The summed E-state index contributed by atoms with van der Waals surface area (Å²) in [5.41, 5.74) is 3.64. The number of nitrogen functional groups attached to an aromatic ring is 1. The average Bonchev–Trinajstić information content (AvgIpc) is 2.86. The summed E-state index contributed by atoms with van der Waals surface area (Å²) >= 11 is 0. The lowest BCUT2D eigenvalue weighted by atomic mass is 10.2. The number of ether oxygens (including phenoxy) is 2. The van der Waals surface area contributed by atoms with Gasteiger partial charge in [0, 0.05) is 5.69 Å². The number of rotatable bonds is 5. The van der Waals surface area contributed by atoms with E-state index in [0.29, 0.717) is 22.7 Å². The molecule has 0 fully saturated rings. The first kappa shape index (κ1) is 13.9. The highest BCUT2D eigenvalue weighted by Gasteiger charge is 2.17. The summed E-state index contributed by atoms with van der Waals surface area (Å²) in [6.45, 7) is 1.91. The number of nitrogens with zero attached hydrogens (tertiary/aromatic N) is 1. The molecule has 4 N–H and O–H groups in total. The largest absolute Gasteiger partial charge is 0.497 e. The van der Waals surface area contributed by atoms with Crippen LogP contribution in [-0.2, 0) is 6.61 Å². The Morgan fingerprint density at radius 1 is 1.35 bits per heavy atom. The van der Waals surface area contributed by atoms with Gasteiger partial charge in [-0.15, -0.1) is 0 Å². The van der Waals surface area contributed by atoms with Crippen LogP contribution in [0.5, 0.6) is 11.5 Å². The third-order valence-electron chi connectivity index (χ3n) is 2.82. The molecule has 1 aromatic carbocycles. The van der Waals surface area contributed by atoms with Crippen molar-refractivity contribution in [3.63, 3.8) is 0 Å². The predicted molar refractivity (Wildman–Crippen MR) is 72.3 cm³/mol. The lowest BCUT2D eigenvalue weighted by molar-refractivity contribution is 0.0950. The minimum Gasteiger partial charge on any atom is -0.497 e. The summed E-state index contributed by atoms with van der Waals surface area (Å²) < 4.78 is 10.6. The molecule has 2 rings (SSSR count). The molecule has 0 spiro atoms. The molecule has 0 atom stereocenters. The maximum Gasteiger partial charge on any atom is 0.269 e. The fraction of sp³-hybridized carbons (Fsp3) is 0.231. The molecule has 106 valence electrons. The van der Waals surface area contributed by atoms with Crippen molar-refractivity contribution in [3.8, 4) is 11.5 Å². The van der Waals surface area contributed by atoms with Crippen LogP contribution >= 0.6 is 0 Å². The van der Waals surface area contributed by atoms with Crippen molar-refractivity contribution in [1.82, 2.24) is 15.6 Å². The molecule has 0 saturated heterocycles. The highest BCUT2D eigenvalue weighted by atomic mass is 16.5. The topological polar surface area (TPSA) is 102 Å². The van der Waals surface area contributed by atoms with E-state index >= 15 is 0 Å². The molecule has 7 heteroatoms. The van der Waals surface area contributed by atoms with Crippen LogP contribution in [0.4, 0.5) is 0 Å². The number of hydrogen-bond donors (Lipinski definition) is 3. The van der Waals surface area contributed by atoms with Crippen molar-refractivity contribution in [1.29, 1.82) is 0 Å². The first-order valence-electron chi connectivity index (χ1n) is 5.97. The van der Waals surface area contributed by atoms with E-state index in [9.17, 15) is 4.79 Å². The van der Waals surface area contributed by atoms with Crippen LogP contribution in [0.3, 0.4) is 0 Å². The molecule has 0 aliphatic heterocycles. The van der Waals surface area contributed by atoms with Crippen molar-refractivity contribution in [2.75, 3.05) is 7.11 Å². The van der Waals surface area contributed by atoms with Gasteiger partial charge in [0.15, 0.2) is 0 Å². The normalized spacial score (nSPS) is 10.2. The summed E-state index contributed by atoms with van der Waals surface area (Å²) in [5, 5.41) is 6.78. The van der Waals surface area contributed by atoms with Crippen LogP contribution in [0, 0.1) is 6.92 Å². The Hall–Kier alpha value is -2.54. The SMILES string of the molecule is COc1ccc(OCc2n[nH]c(C)c2C(=O)NN)cc1. The molecule has 0 saturated carbocycles. The second-order valence-electron chi connectivity index (χ2n) is 4.11. The first-order chi connectivity index (χ1) is 9.65. The van der Waals surface area contributed by atoms with E-state index in [2.05, 4.69) is 15.6 Å². The van der Waals surface area contributed by atoms with Crippen molar-refractivity contribution in [3.05, 3.63) is 41.2 Å². The summed E-state index contributed by atoms with van der Waals surface area (Å²) in [4.78, 5) is 11.6. The van der Waals surface area contributed by atoms with Crippen LogP contribution < -0.4 is 20.7 Å². The van der Waals surface area contributed by atoms with E-state index in [4.69, 9.17) is 15.3 Å². The number of carbonyl (C=O) groups excluding carboxylic acids is 1. The number of methoxy groups -OCH3 is 1. The summed E-state index contributed by atoms with van der Waals surface area (Å²) in [7, 11) is 1.60. The number of benzene rings is 1. The van der Waals surface area contributed by atoms with Crippen LogP contribution in [0.25, 0.3) is 0 Å². The zero-order valence-electron chi connectivity index (χ0n) is 11.3. The number of hydrogen-bond acceptors (Lipinski definition) is 5. The molecular formula is C13H16N4O3. The molecule has 2 aromatic rings. The standard InChI is InChI=1S/C13H16N4O3/c1-8-12(13(18)15-14)11(17-16-8)7-20-10-5-3-9(19-2)4-6-10/h3-6H,7,14H2,1-2H3,(H,15,18)(H,16,17). The van der Waals surface area contributed by atoms with Crippen LogP contribution in [0.2, 0.25) is 0 Å². The number of amides is 1. The Morgan fingerprint density at radius 3 is 2.60 bits per heavy atom. The van der Waals surface area contributed by atoms with Crippen LogP contribution in [-0.4, -0.2) is 23.2 Å². The number of aromatic nitrogens is 2. The van der Waals surface area contributed by atoms with Gasteiger partial charge in [0.25, 0.3) is 5.91 Å². The Kier molecular flexibility index (Phi) is 4.21. The molecule has 0 unspecified atom stereocenters. The number of H-pyrrole nitrogens is 1. The van der Waals surface area contributed by atoms with Gasteiger partial charge < -0.3 is 9.47 Å². The summed E-state index contributed by atoms with van der Waals surface area (Å²) in [6.07, 6.45) is 0. The molecule has 0 radical (unpaired) electrons. The van der Waals surface area contributed by atoms with Gasteiger partial charge in [-0.1, -0.05) is 0 Å². The minimum absolute atomic E-state index is 0.166. The van der Waals surface area contributed by atoms with Crippen molar-refractivity contribution >= 4 is 5.91 Å². The Morgan fingerprint density at radius 2 is 2.00 bits per heavy atom. The minimum atomic E-state index is -0.399. The second-order valence-corrected chi connectivity index (χ2v) is 4.11. The third kappa shape index (κ3) is 2.89. The molecule has 0 aliphatic rings. The smallest absolute Gasteiger partial charge is 0.269 e. The van der Waals surface area contributed by atoms with Gasteiger partial charge in [-0.2, -0.15) is 5.10 Å². The van der Waals surface area contributed by atoms with E-state index in [1.165, 1.54) is 0 Å². The number of aromatic amines is 1. The lowest BCUT2D eigenvalue weighted by Gasteiger charge is -2.07. The van der Waals surface area contributed by atoms with Crippen LogP contribution in [0.1, 0.15) is 21.7 Å².